The molecule has 0 fully saturated rings. The first-order chi connectivity index (χ1) is 10.9. The summed E-state index contributed by atoms with van der Waals surface area (Å²) >= 11 is 0. The van der Waals surface area contributed by atoms with Gasteiger partial charge in [-0.2, -0.15) is 0 Å². The quantitative estimate of drug-likeness (QED) is 0.784. The Morgan fingerprint density at radius 1 is 1.04 bits per heavy atom. The molecule has 1 N–H and O–H groups in total. The fourth-order valence-electron chi connectivity index (χ4n) is 2.57. The van der Waals surface area contributed by atoms with Crippen molar-refractivity contribution in [3.05, 3.63) is 65.4 Å². The first-order valence-electron chi connectivity index (χ1n) is 7.45. The van der Waals surface area contributed by atoms with Gasteiger partial charge in [0, 0.05) is 5.39 Å². The zero-order valence-electron chi connectivity index (χ0n) is 13.3. The van der Waals surface area contributed by atoms with E-state index in [1.165, 1.54) is 0 Å². The lowest BCUT2D eigenvalue weighted by molar-refractivity contribution is 0.484. The molecule has 1 aromatic heterocycles. The summed E-state index contributed by atoms with van der Waals surface area (Å²) in [6, 6.07) is 14.4. The van der Waals surface area contributed by atoms with E-state index < -0.39 is 16.1 Å². The molecule has 0 spiro atoms. The molecule has 0 radical (unpaired) electrons. The van der Waals surface area contributed by atoms with E-state index >= 15 is 0 Å². The van der Waals surface area contributed by atoms with Crippen LogP contribution >= 0.6 is 0 Å². The van der Waals surface area contributed by atoms with Crippen molar-refractivity contribution in [3.63, 3.8) is 0 Å². The Bertz CT molecular complexity index is 924. The van der Waals surface area contributed by atoms with E-state index in [-0.39, 0.29) is 0 Å². The van der Waals surface area contributed by atoms with Crippen molar-refractivity contribution in [2.24, 2.45) is 0 Å². The summed E-state index contributed by atoms with van der Waals surface area (Å²) in [5, 5.41) is 0.959. The molecular weight excluding hydrogens is 310 g/mol. The maximum atomic E-state index is 12.7. The van der Waals surface area contributed by atoms with Gasteiger partial charge < -0.3 is 4.42 Å². The Kier molecular flexibility index (Phi) is 4.00. The van der Waals surface area contributed by atoms with Gasteiger partial charge in [-0.15, -0.1) is 0 Å². The highest BCUT2D eigenvalue weighted by Gasteiger charge is 2.22. The van der Waals surface area contributed by atoms with Crippen LogP contribution in [0.1, 0.15) is 29.9 Å². The van der Waals surface area contributed by atoms with Crippen LogP contribution in [0, 0.1) is 13.8 Å². The van der Waals surface area contributed by atoms with Crippen LogP contribution in [0.15, 0.2) is 57.8 Å². The highest BCUT2D eigenvalue weighted by Crippen LogP contribution is 2.25. The normalized spacial score (nSPS) is 13.3. The smallest absolute Gasteiger partial charge is 0.241 e. The Morgan fingerprint density at radius 3 is 2.52 bits per heavy atom. The average Bonchev–Trinajstić information content (AvgIpc) is 2.93. The van der Waals surface area contributed by atoms with Crippen LogP contribution in [0.4, 0.5) is 0 Å². The van der Waals surface area contributed by atoms with E-state index in [2.05, 4.69) is 4.72 Å². The number of para-hydroxylation sites is 1. The van der Waals surface area contributed by atoms with Crippen molar-refractivity contribution in [2.75, 3.05) is 0 Å². The SMILES string of the molecule is Cc1ccc(C)c(S(=O)(=O)N[C@H](C)c2cc3ccccc3o2)c1. The summed E-state index contributed by atoms with van der Waals surface area (Å²) in [7, 11) is -3.61. The molecule has 1 atom stereocenters. The standard InChI is InChI=1S/C18H19NO3S/c1-12-8-9-13(2)18(10-12)23(20,21)19-14(3)17-11-15-6-4-5-7-16(15)22-17/h4-11,14,19H,1-3H3/t14-/m1/s1. The zero-order valence-corrected chi connectivity index (χ0v) is 14.1. The van der Waals surface area contributed by atoms with E-state index in [1.54, 1.807) is 19.9 Å². The summed E-state index contributed by atoms with van der Waals surface area (Å²) in [5.74, 6) is 0.597. The minimum absolute atomic E-state index is 0.306. The van der Waals surface area contributed by atoms with Gasteiger partial charge in [0.15, 0.2) is 0 Å². The van der Waals surface area contributed by atoms with E-state index in [1.807, 2.05) is 49.4 Å². The van der Waals surface area contributed by atoms with Gasteiger partial charge in [0.25, 0.3) is 0 Å². The molecule has 2 aromatic carbocycles. The minimum Gasteiger partial charge on any atom is -0.459 e. The van der Waals surface area contributed by atoms with Gasteiger partial charge in [0.05, 0.1) is 10.9 Å². The second kappa shape index (κ2) is 5.83. The Labute approximate surface area is 136 Å². The van der Waals surface area contributed by atoms with E-state index in [4.69, 9.17) is 4.42 Å². The van der Waals surface area contributed by atoms with Crippen LogP contribution in [0.5, 0.6) is 0 Å². The van der Waals surface area contributed by atoms with Crippen molar-refractivity contribution < 1.29 is 12.8 Å². The number of furan rings is 1. The molecule has 120 valence electrons. The van der Waals surface area contributed by atoms with Crippen LogP contribution in [0.3, 0.4) is 0 Å². The van der Waals surface area contributed by atoms with Crippen LogP contribution in [-0.4, -0.2) is 8.42 Å². The van der Waals surface area contributed by atoms with Gasteiger partial charge >= 0.3 is 0 Å². The van der Waals surface area contributed by atoms with Gasteiger partial charge in [0.2, 0.25) is 10.0 Å². The molecule has 0 aliphatic rings. The molecule has 0 unspecified atom stereocenters. The fraction of sp³-hybridized carbons (Fsp3) is 0.222. The lowest BCUT2D eigenvalue weighted by Gasteiger charge is -2.14. The summed E-state index contributed by atoms with van der Waals surface area (Å²) in [5.41, 5.74) is 2.38. The molecule has 4 nitrogen and oxygen atoms in total. The van der Waals surface area contributed by atoms with Crippen molar-refractivity contribution in [1.82, 2.24) is 4.72 Å². The lowest BCUT2D eigenvalue weighted by atomic mass is 10.2. The van der Waals surface area contributed by atoms with E-state index in [9.17, 15) is 8.42 Å². The Hall–Kier alpha value is -2.11. The minimum atomic E-state index is -3.61. The fourth-order valence-corrected chi connectivity index (χ4v) is 4.11. The number of hydrogen-bond acceptors (Lipinski definition) is 3. The first-order valence-corrected chi connectivity index (χ1v) is 8.93. The molecule has 3 rings (SSSR count). The number of hydrogen-bond donors (Lipinski definition) is 1. The summed E-state index contributed by atoms with van der Waals surface area (Å²) < 4.78 is 33.7. The highest BCUT2D eigenvalue weighted by molar-refractivity contribution is 7.89. The number of sulfonamides is 1. The molecule has 0 aliphatic heterocycles. The van der Waals surface area contributed by atoms with Crippen LogP contribution in [-0.2, 0) is 10.0 Å². The molecule has 0 saturated carbocycles. The third-order valence-electron chi connectivity index (χ3n) is 3.84. The second-order valence-corrected chi connectivity index (χ2v) is 7.48. The Morgan fingerprint density at radius 2 is 1.78 bits per heavy atom. The van der Waals surface area contributed by atoms with Crippen LogP contribution in [0.2, 0.25) is 0 Å². The molecular formula is C18H19NO3S. The van der Waals surface area contributed by atoms with Crippen molar-refractivity contribution in [3.8, 4) is 0 Å². The molecule has 0 amide bonds. The topological polar surface area (TPSA) is 59.3 Å². The molecule has 0 saturated heterocycles. The van der Waals surface area contributed by atoms with Crippen LogP contribution < -0.4 is 4.72 Å². The maximum Gasteiger partial charge on any atom is 0.241 e. The predicted molar refractivity (Wildman–Crippen MR) is 90.9 cm³/mol. The van der Waals surface area contributed by atoms with Crippen molar-refractivity contribution in [2.45, 2.75) is 31.7 Å². The summed E-state index contributed by atoms with van der Waals surface area (Å²) in [6.07, 6.45) is 0. The van der Waals surface area contributed by atoms with E-state index in [0.717, 1.165) is 22.1 Å². The summed E-state index contributed by atoms with van der Waals surface area (Å²) in [4.78, 5) is 0.306. The number of nitrogens with one attached hydrogen (secondary N) is 1. The molecule has 23 heavy (non-hydrogen) atoms. The van der Waals surface area contributed by atoms with Crippen LogP contribution in [0.25, 0.3) is 11.0 Å². The van der Waals surface area contributed by atoms with Gasteiger partial charge in [-0.1, -0.05) is 30.3 Å². The Balaban J connectivity index is 1.91. The zero-order chi connectivity index (χ0) is 16.6. The van der Waals surface area contributed by atoms with Gasteiger partial charge in [-0.3, -0.25) is 0 Å². The van der Waals surface area contributed by atoms with Gasteiger partial charge in [-0.25, -0.2) is 13.1 Å². The lowest BCUT2D eigenvalue weighted by Crippen LogP contribution is -2.27. The predicted octanol–water partition coefficient (Wildman–Crippen LogP) is 4.09. The summed E-state index contributed by atoms with van der Waals surface area (Å²) in [6.45, 7) is 5.45. The number of aryl methyl sites for hydroxylation is 2. The van der Waals surface area contributed by atoms with Crippen molar-refractivity contribution >= 4 is 21.0 Å². The number of fused-ring (bicyclic) bond motifs is 1. The molecule has 0 bridgehead atoms. The molecule has 1 heterocycles. The van der Waals surface area contributed by atoms with Gasteiger partial charge in [0.1, 0.15) is 11.3 Å². The average molecular weight is 329 g/mol. The molecule has 5 heteroatoms. The molecule has 3 aromatic rings. The third-order valence-corrected chi connectivity index (χ3v) is 5.52. The first kappa shape index (κ1) is 15.8. The monoisotopic (exact) mass is 329 g/mol. The maximum absolute atomic E-state index is 12.7. The molecule has 0 aliphatic carbocycles. The third kappa shape index (κ3) is 3.16. The second-order valence-electron chi connectivity index (χ2n) is 5.80. The highest BCUT2D eigenvalue weighted by atomic mass is 32.2. The van der Waals surface area contributed by atoms with Crippen molar-refractivity contribution in [1.29, 1.82) is 0 Å². The largest absolute Gasteiger partial charge is 0.459 e. The van der Waals surface area contributed by atoms with E-state index in [0.29, 0.717) is 10.7 Å². The number of rotatable bonds is 4. The van der Waals surface area contributed by atoms with Gasteiger partial charge in [-0.05, 0) is 50.1 Å². The number of benzene rings is 2.